The van der Waals surface area contributed by atoms with Crippen LogP contribution in [0, 0.1) is 5.82 Å². The molecule has 31 heavy (non-hydrogen) atoms. The Morgan fingerprint density at radius 1 is 1.32 bits per heavy atom. The van der Waals surface area contributed by atoms with Crippen LogP contribution in [-0.4, -0.2) is 49.4 Å². The minimum absolute atomic E-state index is 0.124. The van der Waals surface area contributed by atoms with Crippen molar-refractivity contribution < 1.29 is 14.0 Å². The van der Waals surface area contributed by atoms with Gasteiger partial charge in [0.15, 0.2) is 5.82 Å². The largest absolute Gasteiger partial charge is 0.382 e. The highest BCUT2D eigenvalue weighted by Crippen LogP contribution is 2.36. The number of benzene rings is 1. The van der Waals surface area contributed by atoms with Crippen molar-refractivity contribution >= 4 is 40.4 Å². The first-order valence-electron chi connectivity index (χ1n) is 9.73. The van der Waals surface area contributed by atoms with Gasteiger partial charge in [0.1, 0.15) is 23.2 Å². The molecule has 2 N–H and O–H groups in total. The van der Waals surface area contributed by atoms with E-state index in [9.17, 15) is 14.0 Å². The molecule has 2 aromatic heterocycles. The standard InChI is InChI=1S/C21H22ClFN6O2/c1-11-9-27(12(2)30)21(3,4)20(31)28(11)17-7-13(5-6-15(17)23)16-8-14(22)18-19(24)25-10-26-29(16)18/h5-8,10-11H,9H2,1-4H3,(H2,24,25,26). The zero-order valence-electron chi connectivity index (χ0n) is 17.6. The number of halogens is 2. The van der Waals surface area contributed by atoms with Crippen molar-refractivity contribution in [3.05, 3.63) is 41.4 Å². The molecule has 1 atom stereocenters. The molecule has 1 aliphatic heterocycles. The van der Waals surface area contributed by atoms with Gasteiger partial charge in [-0.3, -0.25) is 9.59 Å². The lowest BCUT2D eigenvalue weighted by atomic mass is 9.93. The van der Waals surface area contributed by atoms with Crippen molar-refractivity contribution in [2.75, 3.05) is 17.2 Å². The summed E-state index contributed by atoms with van der Waals surface area (Å²) in [4.78, 5) is 32.3. The maximum absolute atomic E-state index is 15.0. The van der Waals surface area contributed by atoms with E-state index in [-0.39, 0.29) is 23.3 Å². The van der Waals surface area contributed by atoms with E-state index in [1.807, 2.05) is 0 Å². The van der Waals surface area contributed by atoms with Crippen LogP contribution >= 0.6 is 11.6 Å². The molecule has 0 aliphatic carbocycles. The van der Waals surface area contributed by atoms with Crippen molar-refractivity contribution in [1.82, 2.24) is 19.5 Å². The van der Waals surface area contributed by atoms with Crippen molar-refractivity contribution in [2.45, 2.75) is 39.3 Å². The molecular formula is C21H22ClFN6O2. The normalized spacial score (nSPS) is 18.6. The summed E-state index contributed by atoms with van der Waals surface area (Å²) in [6, 6.07) is 5.72. The summed E-state index contributed by atoms with van der Waals surface area (Å²) >= 11 is 6.33. The number of hydrogen-bond acceptors (Lipinski definition) is 5. The number of rotatable bonds is 2. The molecule has 0 bridgehead atoms. The van der Waals surface area contributed by atoms with Crippen LogP contribution in [0.5, 0.6) is 0 Å². The van der Waals surface area contributed by atoms with Crippen LogP contribution in [0.2, 0.25) is 5.02 Å². The molecule has 0 radical (unpaired) electrons. The number of carbonyl (C=O) groups excluding carboxylic acids is 2. The molecule has 0 saturated carbocycles. The van der Waals surface area contributed by atoms with Crippen molar-refractivity contribution in [2.24, 2.45) is 0 Å². The molecule has 4 rings (SSSR count). The lowest BCUT2D eigenvalue weighted by Gasteiger charge is -2.48. The first kappa shape index (κ1) is 21.0. The van der Waals surface area contributed by atoms with Gasteiger partial charge in [0, 0.05) is 19.0 Å². The molecule has 10 heteroatoms. The van der Waals surface area contributed by atoms with Crippen LogP contribution in [0.25, 0.3) is 16.8 Å². The molecule has 1 unspecified atom stereocenters. The van der Waals surface area contributed by atoms with Crippen LogP contribution in [-0.2, 0) is 9.59 Å². The zero-order chi connectivity index (χ0) is 22.7. The number of piperazine rings is 1. The van der Waals surface area contributed by atoms with E-state index in [1.54, 1.807) is 39.0 Å². The van der Waals surface area contributed by atoms with Gasteiger partial charge in [-0.05, 0) is 45.0 Å². The number of nitrogens with two attached hydrogens (primary N) is 1. The predicted molar refractivity (Wildman–Crippen MR) is 116 cm³/mol. The number of aromatic nitrogens is 3. The van der Waals surface area contributed by atoms with E-state index in [4.69, 9.17) is 17.3 Å². The van der Waals surface area contributed by atoms with Gasteiger partial charge in [0.05, 0.1) is 22.4 Å². The predicted octanol–water partition coefficient (Wildman–Crippen LogP) is 3.13. The monoisotopic (exact) mass is 444 g/mol. The van der Waals surface area contributed by atoms with Crippen LogP contribution in [0.4, 0.5) is 15.9 Å². The Labute approximate surface area is 183 Å². The molecule has 1 aliphatic rings. The van der Waals surface area contributed by atoms with Gasteiger partial charge in [-0.2, -0.15) is 5.10 Å². The molecule has 1 saturated heterocycles. The van der Waals surface area contributed by atoms with Crippen LogP contribution < -0.4 is 10.6 Å². The van der Waals surface area contributed by atoms with E-state index in [0.29, 0.717) is 28.3 Å². The van der Waals surface area contributed by atoms with Gasteiger partial charge in [0.2, 0.25) is 5.91 Å². The highest BCUT2D eigenvalue weighted by atomic mass is 35.5. The Hall–Kier alpha value is -3.20. The summed E-state index contributed by atoms with van der Waals surface area (Å²) < 4.78 is 16.5. The highest BCUT2D eigenvalue weighted by Gasteiger charge is 2.47. The molecule has 1 aromatic carbocycles. The Morgan fingerprint density at radius 3 is 2.71 bits per heavy atom. The number of fused-ring (bicyclic) bond motifs is 1. The molecule has 1 fully saturated rings. The molecule has 3 aromatic rings. The summed E-state index contributed by atoms with van der Waals surface area (Å²) in [5.41, 5.74) is 6.57. The first-order chi connectivity index (χ1) is 14.5. The lowest BCUT2D eigenvalue weighted by Crippen LogP contribution is -2.67. The second-order valence-electron chi connectivity index (χ2n) is 8.16. The molecule has 2 amide bonds. The summed E-state index contributed by atoms with van der Waals surface area (Å²) in [5, 5.41) is 4.57. The third-order valence-electron chi connectivity index (χ3n) is 5.72. The number of carbonyl (C=O) groups is 2. The fourth-order valence-corrected chi connectivity index (χ4v) is 4.42. The number of nitrogen functional groups attached to an aromatic ring is 1. The van der Waals surface area contributed by atoms with Gasteiger partial charge in [-0.1, -0.05) is 11.6 Å². The van der Waals surface area contributed by atoms with Crippen molar-refractivity contribution in [3.8, 4) is 11.3 Å². The fraction of sp³-hybridized carbons (Fsp3) is 0.333. The smallest absolute Gasteiger partial charge is 0.252 e. The zero-order valence-corrected chi connectivity index (χ0v) is 18.3. The van der Waals surface area contributed by atoms with Gasteiger partial charge < -0.3 is 15.5 Å². The maximum Gasteiger partial charge on any atom is 0.252 e. The SMILES string of the molecule is CC(=O)N1CC(C)N(c2cc(-c3cc(Cl)c4c(N)ncnn34)ccc2F)C(=O)C1(C)C. The van der Waals surface area contributed by atoms with Crippen LogP contribution in [0.15, 0.2) is 30.6 Å². The first-order valence-corrected chi connectivity index (χ1v) is 10.1. The lowest BCUT2D eigenvalue weighted by molar-refractivity contribution is -0.146. The minimum Gasteiger partial charge on any atom is -0.382 e. The van der Waals surface area contributed by atoms with Crippen LogP contribution in [0.3, 0.4) is 0 Å². The Bertz CT molecular complexity index is 1220. The van der Waals surface area contributed by atoms with Crippen molar-refractivity contribution in [1.29, 1.82) is 0 Å². The average molecular weight is 445 g/mol. The Balaban J connectivity index is 1.84. The summed E-state index contributed by atoms with van der Waals surface area (Å²) in [6.45, 7) is 6.83. The summed E-state index contributed by atoms with van der Waals surface area (Å²) in [7, 11) is 0. The van der Waals surface area contributed by atoms with E-state index >= 15 is 0 Å². The van der Waals surface area contributed by atoms with Gasteiger partial charge in [-0.25, -0.2) is 13.9 Å². The van der Waals surface area contributed by atoms with E-state index < -0.39 is 17.4 Å². The molecule has 0 spiro atoms. The van der Waals surface area contributed by atoms with Gasteiger partial charge >= 0.3 is 0 Å². The molecular weight excluding hydrogens is 423 g/mol. The molecule has 162 valence electrons. The number of anilines is 2. The third kappa shape index (κ3) is 3.20. The Kier molecular flexibility index (Phi) is 4.88. The second-order valence-corrected chi connectivity index (χ2v) is 8.57. The summed E-state index contributed by atoms with van der Waals surface area (Å²) in [6.07, 6.45) is 1.31. The quantitative estimate of drug-likeness (QED) is 0.655. The number of amides is 2. The summed E-state index contributed by atoms with van der Waals surface area (Å²) in [5.74, 6) is -0.885. The number of nitrogens with zero attached hydrogens (tertiary/aromatic N) is 5. The molecule has 8 nitrogen and oxygen atoms in total. The Morgan fingerprint density at radius 2 is 2.03 bits per heavy atom. The number of hydrogen-bond donors (Lipinski definition) is 1. The average Bonchev–Trinajstić information content (AvgIpc) is 3.04. The second kappa shape index (κ2) is 7.19. The maximum atomic E-state index is 15.0. The third-order valence-corrected chi connectivity index (χ3v) is 6.01. The van der Waals surface area contributed by atoms with E-state index in [2.05, 4.69) is 10.1 Å². The van der Waals surface area contributed by atoms with Crippen LogP contribution in [0.1, 0.15) is 27.7 Å². The van der Waals surface area contributed by atoms with E-state index in [0.717, 1.165) is 0 Å². The van der Waals surface area contributed by atoms with Gasteiger partial charge in [-0.15, -0.1) is 0 Å². The molecule has 3 heterocycles. The highest BCUT2D eigenvalue weighted by molar-refractivity contribution is 6.35. The topological polar surface area (TPSA) is 96.8 Å². The van der Waals surface area contributed by atoms with Crippen molar-refractivity contribution in [3.63, 3.8) is 0 Å². The van der Waals surface area contributed by atoms with Gasteiger partial charge in [0.25, 0.3) is 5.91 Å². The minimum atomic E-state index is -1.10. The fourth-order valence-electron chi connectivity index (χ4n) is 4.14. The van der Waals surface area contributed by atoms with E-state index in [1.165, 1.54) is 33.6 Å².